The first-order valence-electron chi connectivity index (χ1n) is 7.73. The van der Waals surface area contributed by atoms with Crippen molar-refractivity contribution < 1.29 is 9.90 Å². The van der Waals surface area contributed by atoms with Gasteiger partial charge in [0.2, 0.25) is 0 Å². The highest BCUT2D eigenvalue weighted by atomic mass is 79.9. The van der Waals surface area contributed by atoms with Crippen LogP contribution in [0.25, 0.3) is 0 Å². The molecule has 3 atom stereocenters. The van der Waals surface area contributed by atoms with Crippen molar-refractivity contribution in [1.29, 1.82) is 5.26 Å². The lowest BCUT2D eigenvalue weighted by molar-refractivity contribution is 0.0872. The number of rotatable bonds is 4. The number of aliphatic hydroxyl groups excluding tert-OH is 1. The highest BCUT2D eigenvalue weighted by Gasteiger charge is 2.34. The Morgan fingerprint density at radius 2 is 2.33 bits per heavy atom. The third-order valence-corrected chi connectivity index (χ3v) is 4.79. The fourth-order valence-corrected chi connectivity index (χ4v) is 3.51. The Bertz CT molecular complexity index is 769. The minimum Gasteiger partial charge on any atom is -0.391 e. The Labute approximate surface area is 148 Å². The fraction of sp³-hybridized carbons (Fsp3) is 0.353. The standard InChI is InChI=1S/C17H17BrN4O2/c18-13-2-3-14(12(8-13)9-19)17(24)21-15-6-11(7-16(15)23)10-22-5-1-4-20-22/h1-5,8,11,15-16,23H,6-7,10H2,(H,21,24)/t11?,15-,16-/m1/s1. The zero-order chi connectivity index (χ0) is 17.1. The van der Waals surface area contributed by atoms with E-state index in [1.807, 2.05) is 23.0 Å². The largest absolute Gasteiger partial charge is 0.391 e. The molecule has 24 heavy (non-hydrogen) atoms. The maximum atomic E-state index is 12.5. The highest BCUT2D eigenvalue weighted by molar-refractivity contribution is 9.10. The molecule has 2 aromatic rings. The summed E-state index contributed by atoms with van der Waals surface area (Å²) in [5, 5.41) is 26.5. The molecule has 1 amide bonds. The molecule has 0 spiro atoms. The molecular formula is C17H17BrN4O2. The van der Waals surface area contributed by atoms with Crippen LogP contribution >= 0.6 is 15.9 Å². The normalized spacial score (nSPS) is 23.0. The Hall–Kier alpha value is -2.17. The second-order valence-corrected chi connectivity index (χ2v) is 6.93. The minimum atomic E-state index is -0.588. The molecule has 6 nitrogen and oxygen atoms in total. The number of aliphatic hydroxyl groups is 1. The number of carbonyl (C=O) groups excluding carboxylic acids is 1. The van der Waals surface area contributed by atoms with E-state index in [-0.39, 0.29) is 17.9 Å². The summed E-state index contributed by atoms with van der Waals surface area (Å²) in [5.41, 5.74) is 0.630. The average molecular weight is 389 g/mol. The number of aromatic nitrogens is 2. The van der Waals surface area contributed by atoms with Gasteiger partial charge in [0.1, 0.15) is 0 Å². The first kappa shape index (κ1) is 16.7. The van der Waals surface area contributed by atoms with Gasteiger partial charge in [0.15, 0.2) is 0 Å². The minimum absolute atomic E-state index is 0.255. The van der Waals surface area contributed by atoms with Crippen LogP contribution in [0, 0.1) is 17.2 Å². The molecule has 1 unspecified atom stereocenters. The SMILES string of the molecule is N#Cc1cc(Br)ccc1C(=O)N[C@@H]1CC(Cn2cccn2)C[C@H]1O. The van der Waals surface area contributed by atoms with Gasteiger partial charge in [-0.05, 0) is 43.0 Å². The molecule has 7 heteroatoms. The molecule has 1 saturated carbocycles. The van der Waals surface area contributed by atoms with E-state index in [1.165, 1.54) is 0 Å². The molecule has 2 N–H and O–H groups in total. The van der Waals surface area contributed by atoms with E-state index in [1.54, 1.807) is 24.4 Å². The zero-order valence-corrected chi connectivity index (χ0v) is 14.5. The van der Waals surface area contributed by atoms with E-state index in [2.05, 4.69) is 26.3 Å². The fourth-order valence-electron chi connectivity index (χ4n) is 3.15. The van der Waals surface area contributed by atoms with Gasteiger partial charge in [-0.3, -0.25) is 9.48 Å². The Morgan fingerprint density at radius 1 is 1.50 bits per heavy atom. The monoisotopic (exact) mass is 388 g/mol. The lowest BCUT2D eigenvalue weighted by Crippen LogP contribution is -2.40. The van der Waals surface area contributed by atoms with Crippen LogP contribution in [-0.4, -0.2) is 32.9 Å². The first-order chi connectivity index (χ1) is 11.6. The Kier molecular flexibility index (Phi) is 4.97. The summed E-state index contributed by atoms with van der Waals surface area (Å²) >= 11 is 3.29. The number of nitrogens with zero attached hydrogens (tertiary/aromatic N) is 3. The van der Waals surface area contributed by atoms with E-state index < -0.39 is 6.10 Å². The number of carbonyl (C=O) groups is 1. The van der Waals surface area contributed by atoms with E-state index in [0.29, 0.717) is 24.0 Å². The molecule has 0 radical (unpaired) electrons. The van der Waals surface area contributed by atoms with Gasteiger partial charge in [-0.2, -0.15) is 10.4 Å². The number of halogens is 1. The van der Waals surface area contributed by atoms with E-state index in [0.717, 1.165) is 11.0 Å². The molecule has 0 bridgehead atoms. The number of hydrogen-bond acceptors (Lipinski definition) is 4. The average Bonchev–Trinajstić information content (AvgIpc) is 3.17. The summed E-state index contributed by atoms with van der Waals surface area (Å²) in [4.78, 5) is 12.5. The van der Waals surface area contributed by atoms with Crippen molar-refractivity contribution in [2.45, 2.75) is 31.5 Å². The van der Waals surface area contributed by atoms with Crippen molar-refractivity contribution >= 4 is 21.8 Å². The Morgan fingerprint density at radius 3 is 3.04 bits per heavy atom. The van der Waals surface area contributed by atoms with Crippen molar-refractivity contribution in [1.82, 2.24) is 15.1 Å². The Balaban J connectivity index is 1.65. The smallest absolute Gasteiger partial charge is 0.252 e. The molecule has 1 aromatic carbocycles. The molecule has 1 aliphatic carbocycles. The predicted octanol–water partition coefficient (Wildman–Crippen LogP) is 2.09. The number of hydrogen-bond donors (Lipinski definition) is 2. The van der Waals surface area contributed by atoms with Crippen molar-refractivity contribution in [2.75, 3.05) is 0 Å². The maximum absolute atomic E-state index is 12.5. The van der Waals surface area contributed by atoms with E-state index >= 15 is 0 Å². The topological polar surface area (TPSA) is 90.9 Å². The second kappa shape index (κ2) is 7.16. The lowest BCUT2D eigenvalue weighted by atomic mass is 10.1. The summed E-state index contributed by atoms with van der Waals surface area (Å²) < 4.78 is 2.58. The van der Waals surface area contributed by atoms with Gasteiger partial charge in [-0.25, -0.2) is 0 Å². The third kappa shape index (κ3) is 3.66. The van der Waals surface area contributed by atoms with Gasteiger partial charge < -0.3 is 10.4 Å². The van der Waals surface area contributed by atoms with Gasteiger partial charge in [0.05, 0.1) is 29.3 Å². The number of nitriles is 1. The maximum Gasteiger partial charge on any atom is 0.252 e. The summed E-state index contributed by atoms with van der Waals surface area (Å²) in [7, 11) is 0. The summed E-state index contributed by atoms with van der Waals surface area (Å²) in [6, 6.07) is 8.52. The van der Waals surface area contributed by atoms with Gasteiger partial charge in [0, 0.05) is 23.4 Å². The molecule has 0 saturated heterocycles. The molecule has 1 fully saturated rings. The van der Waals surface area contributed by atoms with E-state index in [9.17, 15) is 15.2 Å². The quantitative estimate of drug-likeness (QED) is 0.838. The number of benzene rings is 1. The van der Waals surface area contributed by atoms with Crippen molar-refractivity contribution in [2.24, 2.45) is 5.92 Å². The zero-order valence-electron chi connectivity index (χ0n) is 12.9. The van der Waals surface area contributed by atoms with Gasteiger partial charge >= 0.3 is 0 Å². The molecule has 124 valence electrons. The third-order valence-electron chi connectivity index (χ3n) is 4.29. The summed E-state index contributed by atoms with van der Waals surface area (Å²) in [5.74, 6) is -0.0756. The van der Waals surface area contributed by atoms with Crippen LogP contribution in [0.1, 0.15) is 28.8 Å². The first-order valence-corrected chi connectivity index (χ1v) is 8.52. The van der Waals surface area contributed by atoms with Crippen LogP contribution in [0.4, 0.5) is 0 Å². The molecule has 1 aliphatic rings. The predicted molar refractivity (Wildman–Crippen MR) is 91.1 cm³/mol. The van der Waals surface area contributed by atoms with Crippen LogP contribution in [-0.2, 0) is 6.54 Å². The molecule has 3 rings (SSSR count). The van der Waals surface area contributed by atoms with Crippen molar-refractivity contribution in [3.63, 3.8) is 0 Å². The van der Waals surface area contributed by atoms with Crippen molar-refractivity contribution in [3.05, 3.63) is 52.3 Å². The van der Waals surface area contributed by atoms with Crippen LogP contribution in [0.2, 0.25) is 0 Å². The van der Waals surface area contributed by atoms with Crippen LogP contribution in [0.15, 0.2) is 41.1 Å². The molecule has 0 aliphatic heterocycles. The summed E-state index contributed by atoms with van der Waals surface area (Å²) in [6.45, 7) is 0.720. The van der Waals surface area contributed by atoms with Gasteiger partial charge in [-0.15, -0.1) is 0 Å². The van der Waals surface area contributed by atoms with Gasteiger partial charge in [0.25, 0.3) is 5.91 Å². The molecule has 1 aromatic heterocycles. The number of amides is 1. The van der Waals surface area contributed by atoms with Crippen LogP contribution in [0.5, 0.6) is 0 Å². The van der Waals surface area contributed by atoms with Crippen molar-refractivity contribution in [3.8, 4) is 6.07 Å². The highest BCUT2D eigenvalue weighted by Crippen LogP contribution is 2.28. The molecule has 1 heterocycles. The lowest BCUT2D eigenvalue weighted by Gasteiger charge is -2.17. The number of nitrogens with one attached hydrogen (secondary N) is 1. The molecular weight excluding hydrogens is 372 g/mol. The second-order valence-electron chi connectivity index (χ2n) is 6.01. The van der Waals surface area contributed by atoms with E-state index in [4.69, 9.17) is 0 Å². The van der Waals surface area contributed by atoms with Crippen LogP contribution in [0.3, 0.4) is 0 Å². The van der Waals surface area contributed by atoms with Crippen LogP contribution < -0.4 is 5.32 Å². The van der Waals surface area contributed by atoms with Gasteiger partial charge in [-0.1, -0.05) is 15.9 Å². The summed E-state index contributed by atoms with van der Waals surface area (Å²) in [6.07, 6.45) is 4.33.